The van der Waals surface area contributed by atoms with Crippen LogP contribution in [0.4, 0.5) is 0 Å². The lowest BCUT2D eigenvalue weighted by Gasteiger charge is -2.03. The Hall–Kier alpha value is -0.520. The van der Waals surface area contributed by atoms with Crippen molar-refractivity contribution in [1.29, 1.82) is 0 Å². The highest BCUT2D eigenvalue weighted by Gasteiger charge is 1.94. The predicted molar refractivity (Wildman–Crippen MR) is 48.0 cm³/mol. The molecule has 0 aliphatic rings. The van der Waals surface area contributed by atoms with Gasteiger partial charge in [-0.05, 0) is 26.2 Å². The van der Waals surface area contributed by atoms with Gasteiger partial charge < -0.3 is 0 Å². The van der Waals surface area contributed by atoms with Crippen LogP contribution in [0.5, 0.6) is 0 Å². The molecule has 0 rings (SSSR count). The predicted octanol–water partition coefficient (Wildman–Crippen LogP) is 3.55. The minimum atomic E-state index is 0.725. The van der Waals surface area contributed by atoms with Gasteiger partial charge in [-0.15, -0.1) is 0 Å². The SMILES string of the molecule is C=C(C=C(C)C)CC(C)C. The van der Waals surface area contributed by atoms with E-state index in [0.29, 0.717) is 0 Å². The zero-order valence-corrected chi connectivity index (χ0v) is 7.57. The van der Waals surface area contributed by atoms with Crippen molar-refractivity contribution in [1.82, 2.24) is 0 Å². The first-order valence-electron chi connectivity index (χ1n) is 3.85. The smallest absolute Gasteiger partial charge is 0.0262 e. The fourth-order valence-electron chi connectivity index (χ4n) is 0.992. The molecule has 0 fully saturated rings. The van der Waals surface area contributed by atoms with Crippen molar-refractivity contribution < 1.29 is 0 Å². The van der Waals surface area contributed by atoms with Gasteiger partial charge in [0.1, 0.15) is 0 Å². The van der Waals surface area contributed by atoms with Gasteiger partial charge in [0.15, 0.2) is 0 Å². The highest BCUT2D eigenvalue weighted by Crippen LogP contribution is 2.10. The Balaban J connectivity index is 3.76. The molecular weight excluding hydrogens is 120 g/mol. The summed E-state index contributed by atoms with van der Waals surface area (Å²) >= 11 is 0. The Kier molecular flexibility index (Phi) is 4.10. The summed E-state index contributed by atoms with van der Waals surface area (Å²) in [5.41, 5.74) is 2.58. The Morgan fingerprint density at radius 1 is 1.40 bits per heavy atom. The third kappa shape index (κ3) is 5.61. The second-order valence-electron chi connectivity index (χ2n) is 3.48. The molecule has 0 nitrogen and oxygen atoms in total. The average molecular weight is 138 g/mol. The van der Waals surface area contributed by atoms with Crippen molar-refractivity contribution in [3.8, 4) is 0 Å². The van der Waals surface area contributed by atoms with Crippen molar-refractivity contribution in [2.75, 3.05) is 0 Å². The molecule has 0 saturated heterocycles. The monoisotopic (exact) mass is 138 g/mol. The van der Waals surface area contributed by atoms with Gasteiger partial charge in [-0.25, -0.2) is 0 Å². The average Bonchev–Trinajstić information content (AvgIpc) is 1.58. The molecule has 0 atom stereocenters. The zero-order chi connectivity index (χ0) is 8.15. The standard InChI is InChI=1S/C10H18/c1-8(2)6-10(5)7-9(3)4/h6,9H,5,7H2,1-4H3. The van der Waals surface area contributed by atoms with E-state index >= 15 is 0 Å². The van der Waals surface area contributed by atoms with Crippen LogP contribution in [0.2, 0.25) is 0 Å². The molecule has 58 valence electrons. The van der Waals surface area contributed by atoms with E-state index in [2.05, 4.69) is 40.3 Å². The quantitative estimate of drug-likeness (QED) is 0.523. The minimum Gasteiger partial charge on any atom is -0.0958 e. The summed E-state index contributed by atoms with van der Waals surface area (Å²) in [6.07, 6.45) is 3.27. The number of rotatable bonds is 3. The summed E-state index contributed by atoms with van der Waals surface area (Å²) in [6.45, 7) is 12.6. The zero-order valence-electron chi connectivity index (χ0n) is 7.57. The van der Waals surface area contributed by atoms with Gasteiger partial charge in [0.05, 0.1) is 0 Å². The maximum atomic E-state index is 3.96. The van der Waals surface area contributed by atoms with Crippen LogP contribution in [0.25, 0.3) is 0 Å². The van der Waals surface area contributed by atoms with E-state index in [1.165, 1.54) is 11.1 Å². The molecule has 0 unspecified atom stereocenters. The molecule has 0 spiro atoms. The Bertz CT molecular complexity index is 134. The fraction of sp³-hybridized carbons (Fsp3) is 0.600. The molecule has 0 N–H and O–H groups in total. The molecule has 0 heterocycles. The summed E-state index contributed by atoms with van der Waals surface area (Å²) in [6, 6.07) is 0. The summed E-state index contributed by atoms with van der Waals surface area (Å²) < 4.78 is 0. The van der Waals surface area contributed by atoms with Gasteiger partial charge in [-0.1, -0.05) is 37.6 Å². The number of hydrogen-bond donors (Lipinski definition) is 0. The van der Waals surface area contributed by atoms with Crippen molar-refractivity contribution in [3.05, 3.63) is 23.8 Å². The van der Waals surface area contributed by atoms with Gasteiger partial charge in [-0.3, -0.25) is 0 Å². The minimum absolute atomic E-state index is 0.725. The van der Waals surface area contributed by atoms with Gasteiger partial charge in [0.25, 0.3) is 0 Å². The largest absolute Gasteiger partial charge is 0.0958 e. The van der Waals surface area contributed by atoms with Crippen LogP contribution < -0.4 is 0 Å². The Morgan fingerprint density at radius 3 is 2.20 bits per heavy atom. The van der Waals surface area contributed by atoms with Crippen LogP contribution in [0, 0.1) is 5.92 Å². The second-order valence-corrected chi connectivity index (χ2v) is 3.48. The molecule has 0 amide bonds. The lowest BCUT2D eigenvalue weighted by atomic mass is 10.0. The molecule has 0 aromatic rings. The van der Waals surface area contributed by atoms with Crippen LogP contribution in [0.15, 0.2) is 23.8 Å². The maximum Gasteiger partial charge on any atom is -0.0262 e. The highest BCUT2D eigenvalue weighted by atomic mass is 14.0. The van der Waals surface area contributed by atoms with Crippen molar-refractivity contribution >= 4 is 0 Å². The van der Waals surface area contributed by atoms with E-state index in [4.69, 9.17) is 0 Å². The molecule has 0 radical (unpaired) electrons. The fourth-order valence-corrected chi connectivity index (χ4v) is 0.992. The van der Waals surface area contributed by atoms with Gasteiger partial charge in [0.2, 0.25) is 0 Å². The molecule has 0 heteroatoms. The Morgan fingerprint density at radius 2 is 1.90 bits per heavy atom. The van der Waals surface area contributed by atoms with E-state index in [1.54, 1.807) is 0 Å². The summed E-state index contributed by atoms with van der Waals surface area (Å²) in [7, 11) is 0. The first kappa shape index (κ1) is 9.48. The highest BCUT2D eigenvalue weighted by molar-refractivity contribution is 5.18. The van der Waals surface area contributed by atoms with Crippen LogP contribution in [-0.2, 0) is 0 Å². The van der Waals surface area contributed by atoms with Crippen molar-refractivity contribution in [3.63, 3.8) is 0 Å². The van der Waals surface area contributed by atoms with E-state index in [1.807, 2.05) is 0 Å². The van der Waals surface area contributed by atoms with Crippen LogP contribution in [0.1, 0.15) is 34.1 Å². The van der Waals surface area contributed by atoms with E-state index in [0.717, 1.165) is 12.3 Å². The molecule has 0 bridgehead atoms. The first-order chi connectivity index (χ1) is 4.52. The molecule has 0 aliphatic heterocycles. The number of hydrogen-bond acceptors (Lipinski definition) is 0. The third-order valence-electron chi connectivity index (χ3n) is 1.16. The van der Waals surface area contributed by atoms with Crippen LogP contribution in [-0.4, -0.2) is 0 Å². The van der Waals surface area contributed by atoms with E-state index < -0.39 is 0 Å². The summed E-state index contributed by atoms with van der Waals surface area (Å²) in [5, 5.41) is 0. The molecule has 0 aromatic carbocycles. The van der Waals surface area contributed by atoms with Crippen LogP contribution in [0.3, 0.4) is 0 Å². The van der Waals surface area contributed by atoms with Gasteiger partial charge in [-0.2, -0.15) is 0 Å². The lowest BCUT2D eigenvalue weighted by molar-refractivity contribution is 0.650. The van der Waals surface area contributed by atoms with Crippen LogP contribution >= 0.6 is 0 Å². The van der Waals surface area contributed by atoms with Gasteiger partial charge >= 0.3 is 0 Å². The van der Waals surface area contributed by atoms with Crippen molar-refractivity contribution in [2.24, 2.45) is 5.92 Å². The molecular formula is C10H18. The second kappa shape index (κ2) is 4.32. The van der Waals surface area contributed by atoms with Gasteiger partial charge in [0, 0.05) is 0 Å². The lowest BCUT2D eigenvalue weighted by Crippen LogP contribution is -1.87. The third-order valence-corrected chi connectivity index (χ3v) is 1.16. The summed E-state index contributed by atoms with van der Waals surface area (Å²) in [4.78, 5) is 0. The molecule has 10 heavy (non-hydrogen) atoms. The molecule has 0 aliphatic carbocycles. The first-order valence-corrected chi connectivity index (χ1v) is 3.85. The normalized spacial score (nSPS) is 9.70. The topological polar surface area (TPSA) is 0 Å². The Labute approximate surface area is 64.6 Å². The van der Waals surface area contributed by atoms with E-state index in [-0.39, 0.29) is 0 Å². The molecule has 0 aromatic heterocycles. The number of allylic oxidation sites excluding steroid dienone is 3. The van der Waals surface area contributed by atoms with E-state index in [9.17, 15) is 0 Å². The summed E-state index contributed by atoms with van der Waals surface area (Å²) in [5.74, 6) is 0.725. The van der Waals surface area contributed by atoms with Crippen molar-refractivity contribution in [2.45, 2.75) is 34.1 Å². The maximum absolute atomic E-state index is 3.96. The molecule has 0 saturated carbocycles.